The number of nitrogens with zero attached hydrogens (tertiary/aromatic N) is 7. The first kappa shape index (κ1) is 34.8. The zero-order valence-electron chi connectivity index (χ0n) is 28.7. The van der Waals surface area contributed by atoms with Crippen molar-refractivity contribution in [2.24, 2.45) is 0 Å². The lowest BCUT2D eigenvalue weighted by Crippen LogP contribution is -2.34. The molecular weight excluding hydrogens is 656 g/mol. The molecule has 3 aromatic carbocycles. The number of aryl methyl sites for hydroxylation is 1. The molecule has 5 aromatic rings. The molecule has 0 aliphatic carbocycles. The van der Waals surface area contributed by atoms with E-state index in [1.807, 2.05) is 68.0 Å². The summed E-state index contributed by atoms with van der Waals surface area (Å²) in [4.78, 5) is 45.4. The molecule has 0 radical (unpaired) electrons. The Hall–Kier alpha value is -6.09. The number of rotatable bonds is 14. The Labute approximate surface area is 294 Å². The number of tetrazole rings is 1. The van der Waals surface area contributed by atoms with Gasteiger partial charge < -0.3 is 19.5 Å². The lowest BCUT2D eigenvalue weighted by Gasteiger charge is -2.20. The van der Waals surface area contributed by atoms with Gasteiger partial charge >= 0.3 is 6.09 Å². The minimum absolute atomic E-state index is 0.129. The smallest absolute Gasteiger partial charge is 0.407 e. The van der Waals surface area contributed by atoms with E-state index in [9.17, 15) is 14.4 Å². The van der Waals surface area contributed by atoms with Gasteiger partial charge in [0.2, 0.25) is 5.82 Å². The summed E-state index contributed by atoms with van der Waals surface area (Å²) in [5.41, 5.74) is 2.68. The summed E-state index contributed by atoms with van der Waals surface area (Å²) in [6, 6.07) is 21.3. The molecule has 0 bridgehead atoms. The van der Waals surface area contributed by atoms with Crippen LogP contribution in [0.3, 0.4) is 0 Å². The monoisotopic (exact) mass is 694 g/mol. The molecule has 51 heavy (non-hydrogen) atoms. The van der Waals surface area contributed by atoms with E-state index in [0.29, 0.717) is 31.8 Å². The molecule has 0 fully saturated rings. The fourth-order valence-corrected chi connectivity index (χ4v) is 5.18. The number of methoxy groups -OCH3 is 1. The first-order chi connectivity index (χ1) is 24.6. The molecule has 0 spiro atoms. The molecule has 15 nitrogen and oxygen atoms in total. The molecule has 1 aliphatic rings. The van der Waals surface area contributed by atoms with Gasteiger partial charge in [-0.2, -0.15) is 9.90 Å². The Morgan fingerprint density at radius 3 is 2.25 bits per heavy atom. The van der Waals surface area contributed by atoms with Crippen molar-refractivity contribution in [3.63, 3.8) is 0 Å². The number of alkyl carbamates (subject to hydrolysis) is 1. The van der Waals surface area contributed by atoms with Gasteiger partial charge in [0.25, 0.3) is 11.8 Å². The molecule has 1 N–H and O–H groups in total. The van der Waals surface area contributed by atoms with Crippen LogP contribution in [-0.4, -0.2) is 78.8 Å². The van der Waals surface area contributed by atoms with Crippen LogP contribution < -0.4 is 14.8 Å². The molecule has 264 valence electrons. The Morgan fingerprint density at radius 2 is 1.59 bits per heavy atom. The van der Waals surface area contributed by atoms with Crippen molar-refractivity contribution in [1.82, 2.24) is 40.4 Å². The summed E-state index contributed by atoms with van der Waals surface area (Å²) in [7, 11) is 1.60. The minimum atomic E-state index is -1.06. The highest BCUT2D eigenvalue weighted by Gasteiger charge is 2.39. The van der Waals surface area contributed by atoms with E-state index in [0.717, 1.165) is 27.5 Å². The van der Waals surface area contributed by atoms with Gasteiger partial charge in [0.05, 0.1) is 31.0 Å². The van der Waals surface area contributed by atoms with E-state index < -0.39 is 29.6 Å². The van der Waals surface area contributed by atoms with E-state index in [1.165, 1.54) is 4.80 Å². The van der Waals surface area contributed by atoms with E-state index in [-0.39, 0.29) is 23.6 Å². The van der Waals surface area contributed by atoms with E-state index >= 15 is 0 Å². The normalized spacial score (nSPS) is 13.2. The van der Waals surface area contributed by atoms with Gasteiger partial charge in [0, 0.05) is 24.8 Å². The molecule has 0 saturated heterocycles. The van der Waals surface area contributed by atoms with Crippen molar-refractivity contribution in [3.8, 4) is 22.6 Å². The largest absolute Gasteiger partial charge is 0.497 e. The SMILES string of the molecule is COc1ccc(Cn2nnc([C@H](COc3ccc(-c4cnn(CCCNC(=O)OC(C)(C)C)c4)cc3)ON3C(=O)c4ccccc4C3=O)n2)cc1. The van der Waals surface area contributed by atoms with Gasteiger partial charge in [-0.15, -0.1) is 15.3 Å². The predicted octanol–water partition coefficient (Wildman–Crippen LogP) is 4.86. The van der Waals surface area contributed by atoms with Crippen molar-refractivity contribution >= 4 is 17.9 Å². The maximum atomic E-state index is 13.1. The number of hydrogen-bond donors (Lipinski definition) is 1. The molecule has 0 saturated carbocycles. The van der Waals surface area contributed by atoms with Crippen LogP contribution in [0.5, 0.6) is 11.5 Å². The van der Waals surface area contributed by atoms with Crippen LogP contribution in [0, 0.1) is 0 Å². The van der Waals surface area contributed by atoms with Crippen LogP contribution >= 0.6 is 0 Å². The lowest BCUT2D eigenvalue weighted by atomic mass is 10.1. The maximum absolute atomic E-state index is 13.1. The Bertz CT molecular complexity index is 1950. The van der Waals surface area contributed by atoms with E-state index in [1.54, 1.807) is 49.7 Å². The van der Waals surface area contributed by atoms with E-state index in [4.69, 9.17) is 19.0 Å². The summed E-state index contributed by atoms with van der Waals surface area (Å²) >= 11 is 0. The first-order valence-corrected chi connectivity index (χ1v) is 16.3. The second-order valence-electron chi connectivity index (χ2n) is 12.7. The van der Waals surface area contributed by atoms with Crippen molar-refractivity contribution in [1.29, 1.82) is 0 Å². The summed E-state index contributed by atoms with van der Waals surface area (Å²) in [5.74, 6) is 0.194. The number of carbonyl (C=O) groups is 3. The lowest BCUT2D eigenvalue weighted by molar-refractivity contribution is -0.146. The number of aromatic nitrogens is 6. The molecule has 1 atom stereocenters. The number of hydroxylamine groups is 2. The van der Waals surface area contributed by atoms with Crippen LogP contribution in [-0.2, 0) is 22.7 Å². The highest BCUT2D eigenvalue weighted by molar-refractivity contribution is 6.20. The molecule has 1 aliphatic heterocycles. The van der Waals surface area contributed by atoms with Gasteiger partial charge in [0.1, 0.15) is 23.7 Å². The molecule has 15 heteroatoms. The zero-order chi connectivity index (χ0) is 36.0. The van der Waals surface area contributed by atoms with Crippen molar-refractivity contribution in [3.05, 3.63) is 108 Å². The molecule has 3 amide bonds. The topological polar surface area (TPSA) is 165 Å². The average Bonchev–Trinajstić information content (AvgIpc) is 3.84. The van der Waals surface area contributed by atoms with Crippen LogP contribution in [0.15, 0.2) is 85.2 Å². The number of benzene rings is 3. The number of ether oxygens (including phenoxy) is 3. The third kappa shape index (κ3) is 8.75. The third-order valence-corrected chi connectivity index (χ3v) is 7.68. The van der Waals surface area contributed by atoms with Gasteiger partial charge in [-0.3, -0.25) is 14.3 Å². The Morgan fingerprint density at radius 1 is 0.902 bits per heavy atom. The maximum Gasteiger partial charge on any atom is 0.407 e. The van der Waals surface area contributed by atoms with Crippen LogP contribution in [0.1, 0.15) is 65.4 Å². The van der Waals surface area contributed by atoms with Crippen molar-refractivity contribution in [2.75, 3.05) is 20.3 Å². The molecule has 3 heterocycles. The molecule has 6 rings (SSSR count). The van der Waals surface area contributed by atoms with Gasteiger partial charge in [-0.25, -0.2) is 9.63 Å². The number of hydrogen-bond acceptors (Lipinski definition) is 11. The second kappa shape index (κ2) is 15.2. The fraction of sp³-hybridized carbons (Fsp3) is 0.306. The quantitative estimate of drug-likeness (QED) is 0.125. The van der Waals surface area contributed by atoms with Crippen LogP contribution in [0.2, 0.25) is 0 Å². The Kier molecular flexibility index (Phi) is 10.4. The summed E-state index contributed by atoms with van der Waals surface area (Å²) in [6.45, 7) is 6.72. The second-order valence-corrected chi connectivity index (χ2v) is 12.7. The summed E-state index contributed by atoms with van der Waals surface area (Å²) in [6.07, 6.45) is 2.88. The minimum Gasteiger partial charge on any atom is -0.497 e. The zero-order valence-corrected chi connectivity index (χ0v) is 28.7. The standard InChI is InChI=1S/C36H38N8O7/c1-36(2,3)50-35(47)37-18-7-19-42-22-26(20-38-42)25-12-16-28(17-13-25)49-23-31(51-44-33(45)29-8-5-6-9-30(29)34(44)46)32-39-41-43(40-32)21-24-10-14-27(48-4)15-11-24/h5-6,8-17,20,22,31H,7,18-19,21,23H2,1-4H3,(H,37,47)/t31-/m0/s1. The number of amides is 3. The molecule has 2 aromatic heterocycles. The predicted molar refractivity (Wildman–Crippen MR) is 183 cm³/mol. The summed E-state index contributed by atoms with van der Waals surface area (Å²) < 4.78 is 18.4. The number of imide groups is 1. The van der Waals surface area contributed by atoms with Crippen molar-refractivity contribution in [2.45, 2.75) is 52.0 Å². The van der Waals surface area contributed by atoms with Crippen LogP contribution in [0.25, 0.3) is 11.1 Å². The van der Waals surface area contributed by atoms with Crippen molar-refractivity contribution < 1.29 is 33.4 Å². The van der Waals surface area contributed by atoms with Gasteiger partial charge in [0.15, 0.2) is 6.10 Å². The highest BCUT2D eigenvalue weighted by atomic mass is 16.7. The fourth-order valence-electron chi connectivity index (χ4n) is 5.18. The Balaban J connectivity index is 1.09. The number of carbonyl (C=O) groups excluding carboxylic acids is 3. The highest BCUT2D eigenvalue weighted by Crippen LogP contribution is 2.28. The first-order valence-electron chi connectivity index (χ1n) is 16.3. The van der Waals surface area contributed by atoms with Gasteiger partial charge in [-0.1, -0.05) is 36.4 Å². The number of nitrogens with one attached hydrogen (secondary N) is 1. The van der Waals surface area contributed by atoms with Gasteiger partial charge in [-0.05, 0) is 79.9 Å². The summed E-state index contributed by atoms with van der Waals surface area (Å²) in [5, 5.41) is 20.7. The average molecular weight is 695 g/mol. The third-order valence-electron chi connectivity index (χ3n) is 7.68. The van der Waals surface area contributed by atoms with E-state index in [2.05, 4.69) is 25.8 Å². The number of fused-ring (bicyclic) bond motifs is 1. The molecule has 0 unspecified atom stereocenters. The molecular formula is C36H38N8O7. The van der Waals surface area contributed by atoms with Crippen LogP contribution in [0.4, 0.5) is 4.79 Å².